The van der Waals surface area contributed by atoms with Crippen molar-refractivity contribution in [2.24, 2.45) is 5.41 Å². The molecule has 1 fully saturated rings. The number of carboxylic acid groups (broad SMARTS) is 1. The van der Waals surface area contributed by atoms with Gasteiger partial charge in [-0.2, -0.15) is 0 Å². The van der Waals surface area contributed by atoms with Crippen molar-refractivity contribution in [3.63, 3.8) is 0 Å². The molecule has 18 heavy (non-hydrogen) atoms. The smallest absolute Gasteiger partial charge is 0.311 e. The van der Waals surface area contributed by atoms with Crippen molar-refractivity contribution in [1.29, 1.82) is 0 Å². The zero-order chi connectivity index (χ0) is 13.3. The highest BCUT2D eigenvalue weighted by molar-refractivity contribution is 7.09. The van der Waals surface area contributed by atoms with Gasteiger partial charge in [0.1, 0.15) is 0 Å². The predicted octanol–water partition coefficient (Wildman–Crippen LogP) is 1.32. The lowest BCUT2D eigenvalue weighted by molar-refractivity contribution is -0.147. The first kappa shape index (κ1) is 13.0. The van der Waals surface area contributed by atoms with E-state index < -0.39 is 11.4 Å². The van der Waals surface area contributed by atoms with Crippen LogP contribution in [0.25, 0.3) is 0 Å². The van der Waals surface area contributed by atoms with Gasteiger partial charge in [-0.15, -0.1) is 11.3 Å². The Balaban J connectivity index is 1.98. The standard InChI is InChI=1S/C12H16N2O3S/c1-8-13-9(6-18-8)5-10(15)14-4-3-12(2,7-14)11(16)17/h6H,3-5,7H2,1-2H3,(H,16,17)/t12-/m0/s1. The average molecular weight is 268 g/mol. The summed E-state index contributed by atoms with van der Waals surface area (Å²) in [4.78, 5) is 29.0. The Morgan fingerprint density at radius 1 is 1.61 bits per heavy atom. The van der Waals surface area contributed by atoms with Gasteiger partial charge in [0.05, 0.1) is 22.5 Å². The molecule has 1 aliphatic heterocycles. The number of hydrogen-bond acceptors (Lipinski definition) is 4. The molecule has 0 radical (unpaired) electrons. The van der Waals surface area contributed by atoms with Gasteiger partial charge in [0, 0.05) is 18.5 Å². The van der Waals surface area contributed by atoms with Crippen LogP contribution in [0.2, 0.25) is 0 Å². The van der Waals surface area contributed by atoms with Crippen LogP contribution in [0.15, 0.2) is 5.38 Å². The molecule has 0 saturated carbocycles. The monoisotopic (exact) mass is 268 g/mol. The number of aliphatic carboxylic acids is 1. The minimum absolute atomic E-state index is 0.0368. The van der Waals surface area contributed by atoms with E-state index in [1.54, 1.807) is 11.8 Å². The Morgan fingerprint density at radius 2 is 2.33 bits per heavy atom. The lowest BCUT2D eigenvalue weighted by Crippen LogP contribution is -2.35. The van der Waals surface area contributed by atoms with Crippen LogP contribution in [-0.2, 0) is 16.0 Å². The molecule has 1 atom stereocenters. The Morgan fingerprint density at radius 3 is 2.83 bits per heavy atom. The Hall–Kier alpha value is -1.43. The molecule has 5 nitrogen and oxygen atoms in total. The molecule has 1 saturated heterocycles. The van der Waals surface area contributed by atoms with Crippen molar-refractivity contribution in [3.8, 4) is 0 Å². The van der Waals surface area contributed by atoms with Crippen LogP contribution >= 0.6 is 11.3 Å². The van der Waals surface area contributed by atoms with Crippen LogP contribution in [0.1, 0.15) is 24.0 Å². The second kappa shape index (κ2) is 4.68. The topological polar surface area (TPSA) is 70.5 Å². The molecule has 1 aromatic rings. The Kier molecular flexibility index (Phi) is 3.38. The van der Waals surface area contributed by atoms with Gasteiger partial charge in [0.2, 0.25) is 5.91 Å². The first-order valence-corrected chi connectivity index (χ1v) is 6.71. The van der Waals surface area contributed by atoms with E-state index in [4.69, 9.17) is 5.11 Å². The summed E-state index contributed by atoms with van der Waals surface area (Å²) in [6.45, 7) is 4.40. The number of carbonyl (C=O) groups is 2. The predicted molar refractivity (Wildman–Crippen MR) is 67.5 cm³/mol. The average Bonchev–Trinajstić information content (AvgIpc) is 2.86. The first-order valence-electron chi connectivity index (χ1n) is 5.83. The molecule has 1 aliphatic rings. The summed E-state index contributed by atoms with van der Waals surface area (Å²) < 4.78 is 0. The maximum absolute atomic E-state index is 12.0. The summed E-state index contributed by atoms with van der Waals surface area (Å²) in [6, 6.07) is 0. The third-order valence-corrected chi connectivity index (χ3v) is 4.16. The van der Waals surface area contributed by atoms with Crippen LogP contribution in [0.5, 0.6) is 0 Å². The molecule has 1 aromatic heterocycles. The third kappa shape index (κ3) is 2.53. The minimum atomic E-state index is -0.831. The van der Waals surface area contributed by atoms with Gasteiger partial charge in [-0.25, -0.2) is 4.98 Å². The van der Waals surface area contributed by atoms with Crippen LogP contribution in [0.4, 0.5) is 0 Å². The highest BCUT2D eigenvalue weighted by Gasteiger charge is 2.41. The number of carboxylic acids is 1. The number of carbonyl (C=O) groups excluding carboxylic acids is 1. The number of nitrogens with zero attached hydrogens (tertiary/aromatic N) is 2. The van der Waals surface area contributed by atoms with Gasteiger partial charge in [-0.3, -0.25) is 9.59 Å². The number of hydrogen-bond donors (Lipinski definition) is 1. The molecule has 6 heteroatoms. The molecule has 98 valence electrons. The minimum Gasteiger partial charge on any atom is -0.481 e. The molecule has 2 rings (SSSR count). The fraction of sp³-hybridized carbons (Fsp3) is 0.583. The maximum atomic E-state index is 12.0. The molecular weight excluding hydrogens is 252 g/mol. The normalized spacial score (nSPS) is 23.3. The van der Waals surface area contributed by atoms with Gasteiger partial charge in [-0.1, -0.05) is 0 Å². The summed E-state index contributed by atoms with van der Waals surface area (Å²) in [5.41, 5.74) is -0.0281. The number of thiazole rings is 1. The van der Waals surface area contributed by atoms with Gasteiger partial charge in [0.25, 0.3) is 0 Å². The quantitative estimate of drug-likeness (QED) is 0.897. The molecular formula is C12H16N2O3S. The summed E-state index contributed by atoms with van der Waals surface area (Å²) in [5.74, 6) is -0.868. The highest BCUT2D eigenvalue weighted by atomic mass is 32.1. The van der Waals surface area contributed by atoms with E-state index in [0.717, 1.165) is 10.7 Å². The number of aryl methyl sites for hydroxylation is 1. The van der Waals surface area contributed by atoms with Crippen LogP contribution in [0, 0.1) is 12.3 Å². The van der Waals surface area contributed by atoms with Gasteiger partial charge in [-0.05, 0) is 20.3 Å². The lowest BCUT2D eigenvalue weighted by atomic mass is 9.90. The molecule has 0 spiro atoms. The zero-order valence-electron chi connectivity index (χ0n) is 10.5. The van der Waals surface area contributed by atoms with Gasteiger partial charge in [0.15, 0.2) is 0 Å². The Labute approximate surface area is 109 Å². The van der Waals surface area contributed by atoms with Crippen molar-refractivity contribution in [2.75, 3.05) is 13.1 Å². The molecule has 0 aliphatic carbocycles. The molecule has 1 amide bonds. The third-order valence-electron chi connectivity index (χ3n) is 3.34. The van der Waals surface area contributed by atoms with Crippen LogP contribution in [-0.4, -0.2) is 40.0 Å². The molecule has 0 aromatic carbocycles. The van der Waals surface area contributed by atoms with Crippen molar-refractivity contribution in [2.45, 2.75) is 26.7 Å². The number of amides is 1. The van der Waals surface area contributed by atoms with E-state index in [0.29, 0.717) is 19.5 Å². The molecule has 0 bridgehead atoms. The van der Waals surface area contributed by atoms with Crippen LogP contribution < -0.4 is 0 Å². The number of rotatable bonds is 3. The van der Waals surface area contributed by atoms with Gasteiger partial charge >= 0.3 is 5.97 Å². The first-order chi connectivity index (χ1) is 8.40. The van der Waals surface area contributed by atoms with E-state index in [-0.39, 0.29) is 12.3 Å². The largest absolute Gasteiger partial charge is 0.481 e. The Bertz CT molecular complexity index is 485. The van der Waals surface area contributed by atoms with Crippen LogP contribution in [0.3, 0.4) is 0 Å². The highest BCUT2D eigenvalue weighted by Crippen LogP contribution is 2.30. The number of aromatic nitrogens is 1. The summed E-state index contributed by atoms with van der Waals surface area (Å²) in [7, 11) is 0. The van der Waals surface area contributed by atoms with Crippen molar-refractivity contribution in [3.05, 3.63) is 16.1 Å². The zero-order valence-corrected chi connectivity index (χ0v) is 11.3. The second-order valence-corrected chi connectivity index (χ2v) is 6.03. The fourth-order valence-corrected chi connectivity index (χ4v) is 2.72. The number of likely N-dealkylation sites (tertiary alicyclic amines) is 1. The van der Waals surface area contributed by atoms with Gasteiger partial charge < -0.3 is 10.0 Å². The van der Waals surface area contributed by atoms with Crippen molar-refractivity contribution in [1.82, 2.24) is 9.88 Å². The lowest BCUT2D eigenvalue weighted by Gasteiger charge is -2.19. The SMILES string of the molecule is Cc1nc(CC(=O)N2CC[C@](C)(C(=O)O)C2)cs1. The van der Waals surface area contributed by atoms with E-state index in [9.17, 15) is 9.59 Å². The van der Waals surface area contributed by atoms with Crippen molar-refractivity contribution < 1.29 is 14.7 Å². The van der Waals surface area contributed by atoms with E-state index in [1.165, 1.54) is 11.3 Å². The van der Waals surface area contributed by atoms with E-state index in [2.05, 4.69) is 4.98 Å². The summed E-state index contributed by atoms with van der Waals surface area (Å²) >= 11 is 1.52. The van der Waals surface area contributed by atoms with Crippen molar-refractivity contribution >= 4 is 23.2 Å². The van der Waals surface area contributed by atoms with E-state index >= 15 is 0 Å². The van der Waals surface area contributed by atoms with E-state index in [1.807, 2.05) is 12.3 Å². The maximum Gasteiger partial charge on any atom is 0.311 e. The molecule has 1 N–H and O–H groups in total. The molecule has 2 heterocycles. The molecule has 0 unspecified atom stereocenters. The summed E-state index contributed by atoms with van der Waals surface area (Å²) in [5, 5.41) is 11.9. The second-order valence-electron chi connectivity index (χ2n) is 4.97. The summed E-state index contributed by atoms with van der Waals surface area (Å²) in [6.07, 6.45) is 0.782. The fourth-order valence-electron chi connectivity index (χ4n) is 2.10.